The predicted octanol–water partition coefficient (Wildman–Crippen LogP) is 3.61. The molecule has 1 aliphatic carbocycles. The van der Waals surface area contributed by atoms with Gasteiger partial charge in [0.1, 0.15) is 0 Å². The van der Waals surface area contributed by atoms with Crippen molar-refractivity contribution in [1.29, 1.82) is 0 Å². The molecule has 0 aliphatic heterocycles. The van der Waals surface area contributed by atoms with E-state index in [2.05, 4.69) is 152 Å². The Morgan fingerprint density at radius 1 is 0.786 bits per heavy atom. The van der Waals surface area contributed by atoms with Gasteiger partial charge in [0, 0.05) is 8.07 Å². The molecular formula is C38H48Cl2SiZr-2. The van der Waals surface area contributed by atoms with E-state index < -0.39 is 8.07 Å². The van der Waals surface area contributed by atoms with Crippen molar-refractivity contribution < 1.29 is 49.0 Å². The van der Waals surface area contributed by atoms with Crippen LogP contribution in [0.2, 0.25) is 19.6 Å². The second-order valence-electron chi connectivity index (χ2n) is 14.3. The van der Waals surface area contributed by atoms with Crippen LogP contribution in [-0.2, 0) is 41.5 Å². The van der Waals surface area contributed by atoms with E-state index in [-0.39, 0.29) is 35.6 Å². The minimum atomic E-state index is -1.06. The van der Waals surface area contributed by atoms with Crippen LogP contribution in [0.5, 0.6) is 0 Å². The van der Waals surface area contributed by atoms with E-state index in [4.69, 9.17) is 0 Å². The number of halogens is 2. The summed E-state index contributed by atoms with van der Waals surface area (Å²) in [6.07, 6.45) is 1.03. The Labute approximate surface area is 285 Å². The van der Waals surface area contributed by atoms with Crippen LogP contribution in [0.4, 0.5) is 0 Å². The van der Waals surface area contributed by atoms with Gasteiger partial charge in [0.05, 0.1) is 0 Å². The van der Waals surface area contributed by atoms with Gasteiger partial charge in [-0.2, -0.15) is 51.7 Å². The molecule has 224 valence electrons. The van der Waals surface area contributed by atoms with Crippen molar-refractivity contribution in [3.8, 4) is 11.1 Å². The van der Waals surface area contributed by atoms with Crippen molar-refractivity contribution in [2.24, 2.45) is 0 Å². The Hall–Kier alpha value is -1.44. The maximum absolute atomic E-state index is 3.53. The summed E-state index contributed by atoms with van der Waals surface area (Å²) in [6, 6.07) is 30.0. The maximum atomic E-state index is 3.53. The zero-order valence-electron chi connectivity index (χ0n) is 27.5. The van der Waals surface area contributed by atoms with Gasteiger partial charge in [-0.15, -0.1) is 5.56 Å². The summed E-state index contributed by atoms with van der Waals surface area (Å²) in [4.78, 5) is 0. The SMILES string of the molecule is CC(C)(C)c1c[c-]c2c(c1)-c1cc(C(C)(C)C)ccc1C2.Cc1cc([Si](C)(C)C)c(C)[cH-]1.[Cl-].[Cl-].[Zr+2]=[CH]c1ccccc1. The van der Waals surface area contributed by atoms with Crippen LogP contribution < -0.4 is 30.0 Å². The standard InChI is InChI=1S/C21H25.C10H17Si.C7H6.2ClH.Zr/c1-20(2,3)16-9-7-14-11-15-8-10-17(21(4,5)6)13-19(15)18(14)12-16;1-8-6-9(2)10(7-8)11(3,4)5;1-7-5-3-2-4-6-7;;;/h7,9-10,12-13H,11H2,1-6H3;6-7H,1-5H3;1-6H;2*1H;/q2*-1;;;;+2/p-2. The van der Waals surface area contributed by atoms with Gasteiger partial charge in [-0.25, -0.2) is 6.07 Å². The fourth-order valence-electron chi connectivity index (χ4n) is 5.14. The Morgan fingerprint density at radius 2 is 1.36 bits per heavy atom. The van der Waals surface area contributed by atoms with Gasteiger partial charge in [-0.05, 0) is 17.4 Å². The van der Waals surface area contributed by atoms with E-state index in [1.165, 1.54) is 74.3 Å². The molecule has 4 heteroatoms. The number of aryl methyl sites for hydroxylation is 2. The second-order valence-corrected chi connectivity index (χ2v) is 20.0. The fraction of sp³-hybridized carbons (Fsp3) is 0.368. The molecule has 0 unspecified atom stereocenters. The first-order chi connectivity index (χ1) is 18.5. The summed E-state index contributed by atoms with van der Waals surface area (Å²) >= 11 is 1.46. The van der Waals surface area contributed by atoms with Crippen molar-refractivity contribution in [3.63, 3.8) is 0 Å². The number of hydrogen-bond donors (Lipinski definition) is 0. The molecule has 4 aromatic rings. The van der Waals surface area contributed by atoms with E-state index in [0.717, 1.165) is 6.42 Å². The van der Waals surface area contributed by atoms with Crippen molar-refractivity contribution in [2.75, 3.05) is 0 Å². The average Bonchev–Trinajstić information content (AvgIpc) is 3.42. The number of fused-ring (bicyclic) bond motifs is 3. The monoisotopic (exact) mass is 692 g/mol. The molecule has 1 aliphatic rings. The van der Waals surface area contributed by atoms with Crippen molar-refractivity contribution in [1.82, 2.24) is 0 Å². The van der Waals surface area contributed by atoms with Gasteiger partial charge in [-0.1, -0.05) is 110 Å². The van der Waals surface area contributed by atoms with Gasteiger partial charge >= 0.3 is 63.8 Å². The van der Waals surface area contributed by atoms with Gasteiger partial charge < -0.3 is 24.8 Å². The molecule has 0 heterocycles. The van der Waals surface area contributed by atoms with Crippen LogP contribution in [-0.4, -0.2) is 11.8 Å². The Kier molecular flexibility index (Phi) is 14.3. The third-order valence-corrected chi connectivity index (χ3v) is 10.5. The van der Waals surface area contributed by atoms with E-state index in [0.29, 0.717) is 0 Å². The van der Waals surface area contributed by atoms with E-state index in [1.54, 1.807) is 5.19 Å². The van der Waals surface area contributed by atoms with Gasteiger partial charge in [0.25, 0.3) is 0 Å². The third-order valence-electron chi connectivity index (χ3n) is 7.54. The van der Waals surface area contributed by atoms with E-state index in [9.17, 15) is 0 Å². The molecule has 0 N–H and O–H groups in total. The van der Waals surface area contributed by atoms with Crippen LogP contribution in [0.1, 0.15) is 80.5 Å². The minimum absolute atomic E-state index is 0. The molecule has 0 fully saturated rings. The summed E-state index contributed by atoms with van der Waals surface area (Å²) in [5.74, 6) is 0. The molecule has 0 atom stereocenters. The molecule has 0 nitrogen and oxygen atoms in total. The van der Waals surface area contributed by atoms with Crippen molar-refractivity contribution in [2.45, 2.75) is 92.3 Å². The molecular weight excluding hydrogens is 647 g/mol. The summed E-state index contributed by atoms with van der Waals surface area (Å²) in [5.41, 5.74) is 13.0. The number of hydrogen-bond acceptors (Lipinski definition) is 0. The van der Waals surface area contributed by atoms with Gasteiger partial charge in [0.2, 0.25) is 0 Å². The zero-order valence-corrected chi connectivity index (χ0v) is 32.4. The molecule has 4 aromatic carbocycles. The van der Waals surface area contributed by atoms with Crippen LogP contribution >= 0.6 is 0 Å². The molecule has 0 saturated carbocycles. The van der Waals surface area contributed by atoms with Crippen molar-refractivity contribution >= 4 is 17.0 Å². The quantitative estimate of drug-likeness (QED) is 0.196. The Balaban J connectivity index is 0.000000354. The molecule has 42 heavy (non-hydrogen) atoms. The molecule has 0 bridgehead atoms. The number of rotatable bonds is 2. The molecule has 0 aromatic heterocycles. The Bertz CT molecular complexity index is 1380. The summed E-state index contributed by atoms with van der Waals surface area (Å²) in [5, 5.41) is 1.62. The topological polar surface area (TPSA) is 0 Å². The van der Waals surface area contributed by atoms with E-state index in [1.807, 2.05) is 6.07 Å². The molecule has 0 spiro atoms. The fourth-order valence-corrected chi connectivity index (χ4v) is 7.53. The van der Waals surface area contributed by atoms with Crippen LogP contribution in [0.25, 0.3) is 11.1 Å². The van der Waals surface area contributed by atoms with Gasteiger partial charge in [0.15, 0.2) is 0 Å². The van der Waals surface area contributed by atoms with Crippen LogP contribution in [0.15, 0.2) is 72.8 Å². The molecule has 5 rings (SSSR count). The zero-order chi connectivity index (χ0) is 29.9. The van der Waals surface area contributed by atoms with Crippen LogP contribution in [0, 0.1) is 19.9 Å². The first kappa shape index (κ1) is 38.6. The third kappa shape index (κ3) is 10.3. The Morgan fingerprint density at radius 3 is 1.79 bits per heavy atom. The average molecular weight is 695 g/mol. The first-order valence-electron chi connectivity index (χ1n) is 14.5. The predicted molar refractivity (Wildman–Crippen MR) is 177 cm³/mol. The normalized spacial score (nSPS) is 11.8. The van der Waals surface area contributed by atoms with Crippen LogP contribution in [0.3, 0.4) is 0 Å². The van der Waals surface area contributed by atoms with Gasteiger partial charge in [-0.3, -0.25) is 0 Å². The molecule has 0 saturated heterocycles. The summed E-state index contributed by atoms with van der Waals surface area (Å²) in [7, 11) is -1.06. The first-order valence-corrected chi connectivity index (χ1v) is 19.4. The number of benzene rings is 3. The second kappa shape index (κ2) is 15.5. The molecule has 0 radical (unpaired) electrons. The molecule has 0 amide bonds. The summed E-state index contributed by atoms with van der Waals surface area (Å²) in [6.45, 7) is 25.2. The summed E-state index contributed by atoms with van der Waals surface area (Å²) < 4.78 is 2.17. The van der Waals surface area contributed by atoms with E-state index >= 15 is 0 Å². The van der Waals surface area contributed by atoms with Crippen molar-refractivity contribution in [3.05, 3.63) is 118 Å².